The number of sulfonamides is 1. The molecule has 0 heterocycles. The first-order valence-corrected chi connectivity index (χ1v) is 11.0. The SMILES string of the molecule is O=S(=O)(CCI)Nc1cc(S(=O)(=O)[O-])ccc1S(=O)(=O)[O-].[K+].[K+]. The van der Waals surface area contributed by atoms with Crippen molar-refractivity contribution in [2.45, 2.75) is 9.79 Å². The van der Waals surface area contributed by atoms with E-state index in [1.54, 1.807) is 27.3 Å². The zero-order valence-corrected chi connectivity index (χ0v) is 22.9. The van der Waals surface area contributed by atoms with Crippen LogP contribution in [-0.2, 0) is 30.3 Å². The van der Waals surface area contributed by atoms with Gasteiger partial charge < -0.3 is 9.11 Å². The third-order valence-electron chi connectivity index (χ3n) is 2.12. The summed E-state index contributed by atoms with van der Waals surface area (Å²) >= 11 is 1.75. The summed E-state index contributed by atoms with van der Waals surface area (Å²) in [6.07, 6.45) is 0. The molecule has 1 N–H and O–H groups in total. The van der Waals surface area contributed by atoms with Crippen LogP contribution in [0.15, 0.2) is 28.0 Å². The number of anilines is 1. The van der Waals surface area contributed by atoms with Crippen LogP contribution in [0.25, 0.3) is 0 Å². The van der Waals surface area contributed by atoms with Crippen LogP contribution in [0.4, 0.5) is 5.69 Å². The van der Waals surface area contributed by atoms with Crippen molar-refractivity contribution in [3.8, 4) is 0 Å². The van der Waals surface area contributed by atoms with E-state index in [1.165, 1.54) is 0 Å². The molecule has 1 rings (SSSR count). The first-order chi connectivity index (χ1) is 9.37. The Kier molecular flexibility index (Phi) is 13.3. The first-order valence-electron chi connectivity index (χ1n) is 4.99. The molecule has 0 saturated carbocycles. The third-order valence-corrected chi connectivity index (χ3v) is 6.39. The molecule has 1 aromatic carbocycles. The van der Waals surface area contributed by atoms with Gasteiger partial charge >= 0.3 is 103 Å². The summed E-state index contributed by atoms with van der Waals surface area (Å²) in [5.41, 5.74) is -0.772. The Morgan fingerprint density at radius 2 is 1.48 bits per heavy atom. The van der Waals surface area contributed by atoms with Gasteiger partial charge in [-0.05, 0) is 18.2 Å². The fraction of sp³-hybridized carbons (Fsp3) is 0.250. The van der Waals surface area contributed by atoms with Crippen LogP contribution in [0.3, 0.4) is 0 Å². The molecule has 0 aromatic heterocycles. The molecule has 1 aromatic rings. The minimum Gasteiger partial charge on any atom is -0.744 e. The van der Waals surface area contributed by atoms with Crippen LogP contribution < -0.4 is 107 Å². The van der Waals surface area contributed by atoms with E-state index in [0.717, 1.165) is 0 Å². The zero-order valence-electron chi connectivity index (χ0n) is 12.0. The summed E-state index contributed by atoms with van der Waals surface area (Å²) in [5.74, 6) is -0.389. The van der Waals surface area contributed by atoms with Crippen LogP contribution in [0, 0.1) is 0 Å². The largest absolute Gasteiger partial charge is 1.00 e. The van der Waals surface area contributed by atoms with Crippen molar-refractivity contribution >= 4 is 58.5 Å². The Hall–Kier alpha value is 2.79. The quantitative estimate of drug-likeness (QED) is 0.159. The normalized spacial score (nSPS) is 12.0. The topological polar surface area (TPSA) is 161 Å². The maximum absolute atomic E-state index is 11.6. The summed E-state index contributed by atoms with van der Waals surface area (Å²) in [5, 5.41) is 0. The molecule has 0 aliphatic rings. The van der Waals surface area contributed by atoms with Crippen LogP contribution in [0.5, 0.6) is 0 Å². The summed E-state index contributed by atoms with van der Waals surface area (Å²) < 4.78 is 90.9. The van der Waals surface area contributed by atoms with E-state index in [2.05, 4.69) is 0 Å². The second-order valence-electron chi connectivity index (χ2n) is 3.68. The smallest absolute Gasteiger partial charge is 0.744 e. The molecule has 120 valence electrons. The second kappa shape index (κ2) is 11.0. The van der Waals surface area contributed by atoms with Gasteiger partial charge in [0.25, 0.3) is 0 Å². The van der Waals surface area contributed by atoms with E-state index in [1.807, 2.05) is 0 Å². The van der Waals surface area contributed by atoms with E-state index >= 15 is 0 Å². The Morgan fingerprint density at radius 3 is 1.87 bits per heavy atom. The van der Waals surface area contributed by atoms with Crippen molar-refractivity contribution < 1.29 is 137 Å². The fourth-order valence-corrected chi connectivity index (χ4v) is 5.01. The molecular weight excluding hydrogens is 539 g/mol. The standard InChI is InChI=1S/C8H10INO8S3.2K/c9-3-4-19(11,12)10-7-5-6(20(13,14)15)1-2-8(7)21(16,17)18;;/h1-2,5,10H,3-4H2,(H,13,14,15)(H,16,17,18);;/q;2*+1/p-2. The van der Waals surface area contributed by atoms with Gasteiger partial charge in [-0.2, -0.15) is 0 Å². The first kappa shape index (κ1) is 28.0. The number of hydrogen-bond donors (Lipinski definition) is 1. The molecule has 0 aliphatic carbocycles. The summed E-state index contributed by atoms with van der Waals surface area (Å²) in [6, 6.07) is 1.68. The van der Waals surface area contributed by atoms with Gasteiger partial charge in [0, 0.05) is 4.43 Å². The van der Waals surface area contributed by atoms with Gasteiger partial charge in [0.1, 0.15) is 20.2 Å². The predicted octanol–water partition coefficient (Wildman–Crippen LogP) is -6.32. The number of rotatable bonds is 6. The van der Waals surface area contributed by atoms with Crippen molar-refractivity contribution in [1.82, 2.24) is 0 Å². The molecule has 9 nitrogen and oxygen atoms in total. The third kappa shape index (κ3) is 9.51. The van der Waals surface area contributed by atoms with Gasteiger partial charge in [-0.25, -0.2) is 25.3 Å². The molecular formula is C8H8IK2NO8S3. The molecule has 0 spiro atoms. The molecule has 0 atom stereocenters. The van der Waals surface area contributed by atoms with Crippen molar-refractivity contribution in [2.24, 2.45) is 0 Å². The van der Waals surface area contributed by atoms with Gasteiger partial charge in [-0.1, -0.05) is 22.6 Å². The van der Waals surface area contributed by atoms with Gasteiger partial charge in [-0.3, -0.25) is 4.72 Å². The zero-order chi connectivity index (χ0) is 16.5. The second-order valence-corrected chi connectivity index (χ2v) is 9.32. The van der Waals surface area contributed by atoms with Crippen molar-refractivity contribution in [3.63, 3.8) is 0 Å². The van der Waals surface area contributed by atoms with Crippen LogP contribution in [-0.4, -0.2) is 44.5 Å². The number of halogens is 1. The van der Waals surface area contributed by atoms with Crippen LogP contribution in [0.1, 0.15) is 0 Å². The number of benzene rings is 1. The molecule has 0 radical (unpaired) electrons. The maximum atomic E-state index is 11.6. The number of alkyl halides is 1. The minimum atomic E-state index is -5.06. The molecule has 0 fully saturated rings. The summed E-state index contributed by atoms with van der Waals surface area (Å²) in [4.78, 5) is -1.82. The van der Waals surface area contributed by atoms with Gasteiger partial charge in [0.05, 0.1) is 21.2 Å². The Balaban J connectivity index is 0. The summed E-state index contributed by atoms with van der Waals surface area (Å²) in [6.45, 7) is 0. The van der Waals surface area contributed by atoms with E-state index in [-0.39, 0.29) is 113 Å². The Morgan fingerprint density at radius 1 is 0.957 bits per heavy atom. The van der Waals surface area contributed by atoms with Crippen molar-refractivity contribution in [1.29, 1.82) is 0 Å². The molecule has 0 bridgehead atoms. The molecule has 0 saturated heterocycles. The van der Waals surface area contributed by atoms with Gasteiger partial charge in [-0.15, -0.1) is 0 Å². The molecule has 0 unspecified atom stereocenters. The fourth-order valence-electron chi connectivity index (χ4n) is 1.28. The van der Waals surface area contributed by atoms with Gasteiger partial charge in [0.2, 0.25) is 10.0 Å². The average molecular weight is 547 g/mol. The average Bonchev–Trinajstić information content (AvgIpc) is 2.25. The summed E-state index contributed by atoms with van der Waals surface area (Å²) in [7, 11) is -14.0. The van der Waals surface area contributed by atoms with E-state index in [4.69, 9.17) is 0 Å². The maximum Gasteiger partial charge on any atom is 1.00 e. The number of nitrogens with one attached hydrogen (secondary N) is 1. The number of hydrogen-bond acceptors (Lipinski definition) is 8. The Bertz CT molecular complexity index is 853. The molecule has 23 heavy (non-hydrogen) atoms. The minimum absolute atomic E-state index is 0. The van der Waals surface area contributed by atoms with E-state index < -0.39 is 45.7 Å². The van der Waals surface area contributed by atoms with E-state index in [0.29, 0.717) is 18.2 Å². The van der Waals surface area contributed by atoms with Crippen molar-refractivity contribution in [3.05, 3.63) is 18.2 Å². The van der Waals surface area contributed by atoms with Crippen molar-refractivity contribution in [2.75, 3.05) is 14.9 Å². The van der Waals surface area contributed by atoms with E-state index in [9.17, 15) is 34.4 Å². The van der Waals surface area contributed by atoms with Crippen LogP contribution >= 0.6 is 22.6 Å². The molecule has 0 aliphatic heterocycles. The monoisotopic (exact) mass is 547 g/mol. The molecule has 15 heteroatoms. The van der Waals surface area contributed by atoms with Gasteiger partial charge in [0.15, 0.2) is 0 Å². The molecule has 0 amide bonds. The predicted molar refractivity (Wildman–Crippen MR) is 78.7 cm³/mol. The Labute approximate surface area is 233 Å². The van der Waals surface area contributed by atoms with Crippen LogP contribution in [0.2, 0.25) is 0 Å².